The van der Waals surface area contributed by atoms with E-state index in [0.717, 1.165) is 11.1 Å². The van der Waals surface area contributed by atoms with Crippen LogP contribution in [0.2, 0.25) is 0 Å². The molecule has 0 spiro atoms. The number of hydrogen-bond donors (Lipinski definition) is 3. The summed E-state index contributed by atoms with van der Waals surface area (Å²) >= 11 is 0. The van der Waals surface area contributed by atoms with Crippen LogP contribution in [0.15, 0.2) is 78.9 Å². The van der Waals surface area contributed by atoms with E-state index in [9.17, 15) is 22.7 Å². The zero-order chi connectivity index (χ0) is 28.0. The van der Waals surface area contributed by atoms with E-state index in [-0.39, 0.29) is 0 Å². The van der Waals surface area contributed by atoms with Crippen LogP contribution in [-0.2, 0) is 10.3 Å². The minimum Gasteiger partial charge on any atom is -0.362 e. The van der Waals surface area contributed by atoms with Crippen LogP contribution in [0, 0.1) is 25.7 Å². The molecule has 6 unspecified atom stereocenters. The summed E-state index contributed by atoms with van der Waals surface area (Å²) in [5.74, 6) is -4.17. The Bertz CT molecular complexity index is 1310. The third-order valence-corrected chi connectivity index (χ3v) is 9.15. The van der Waals surface area contributed by atoms with Crippen molar-refractivity contribution in [2.24, 2.45) is 11.8 Å². The van der Waals surface area contributed by atoms with Crippen molar-refractivity contribution >= 4 is 11.4 Å². The number of nitrogens with one attached hydrogen (secondary N) is 2. The Morgan fingerprint density at radius 2 is 1.12 bits per heavy atom. The number of benzene rings is 3. The molecule has 0 aromatic heterocycles. The molecule has 40 heavy (non-hydrogen) atoms. The maximum absolute atomic E-state index is 14.8. The highest BCUT2D eigenvalue weighted by molar-refractivity contribution is 5.57. The molecule has 7 rings (SSSR count). The van der Waals surface area contributed by atoms with E-state index in [4.69, 9.17) is 4.74 Å². The van der Waals surface area contributed by atoms with Gasteiger partial charge >= 0.3 is 0 Å². The summed E-state index contributed by atoms with van der Waals surface area (Å²) in [6.07, 6.45) is -5.69. The molecule has 0 amide bonds. The number of ether oxygens (including phenoxy) is 1. The molecule has 4 saturated heterocycles. The molecule has 0 saturated carbocycles. The number of nitrogens with zero attached hydrogens (tertiary/aromatic N) is 2. The van der Waals surface area contributed by atoms with Gasteiger partial charge in [0.25, 0.3) is 12.9 Å². The minimum absolute atomic E-state index is 0.491. The number of aliphatic hydroxyl groups is 1. The van der Waals surface area contributed by atoms with Gasteiger partial charge in [-0.05, 0) is 43.7 Å². The lowest BCUT2D eigenvalue weighted by molar-refractivity contribution is -0.203. The molecular weight excluding hydrogens is 524 g/mol. The Morgan fingerprint density at radius 3 is 1.52 bits per heavy atom. The molecule has 3 aromatic rings. The summed E-state index contributed by atoms with van der Waals surface area (Å²) < 4.78 is 66.0. The van der Waals surface area contributed by atoms with Gasteiger partial charge in [-0.25, -0.2) is 28.4 Å². The highest BCUT2D eigenvalue weighted by Gasteiger charge is 2.85. The van der Waals surface area contributed by atoms with E-state index in [0.29, 0.717) is 16.9 Å². The van der Waals surface area contributed by atoms with Crippen molar-refractivity contribution < 1.29 is 27.4 Å². The van der Waals surface area contributed by atoms with Crippen molar-refractivity contribution in [3.8, 4) is 0 Å². The van der Waals surface area contributed by atoms with Crippen molar-refractivity contribution in [3.05, 3.63) is 95.6 Å². The molecule has 0 aliphatic carbocycles. The number of rotatable bonds is 5. The first kappa shape index (κ1) is 25.8. The molecule has 10 heteroatoms. The van der Waals surface area contributed by atoms with E-state index >= 15 is 0 Å². The first-order valence-electron chi connectivity index (χ1n) is 13.5. The first-order valence-corrected chi connectivity index (χ1v) is 13.5. The SMILES string of the molecule is Cc1ccc(N2NC(C(F)F)C3C2C2(O)OC3(c3ccccc3)C3C(C(F)F)NN(c4ccc(C)cc4)C32)cc1. The number of anilines is 2. The van der Waals surface area contributed by atoms with Gasteiger partial charge in [-0.1, -0.05) is 65.7 Å². The van der Waals surface area contributed by atoms with Gasteiger partial charge in [-0.3, -0.25) is 10.0 Å². The molecular formula is C30H30F4N4O2. The molecule has 4 aliphatic heterocycles. The van der Waals surface area contributed by atoms with E-state index in [1.54, 1.807) is 64.6 Å². The molecule has 4 aliphatic rings. The average Bonchev–Trinajstić information content (AvgIpc) is 3.67. The van der Waals surface area contributed by atoms with E-state index < -0.39 is 60.2 Å². The molecule has 6 atom stereocenters. The molecule has 3 N–H and O–H groups in total. The Kier molecular flexibility index (Phi) is 5.74. The summed E-state index contributed by atoms with van der Waals surface area (Å²) in [5, 5.41) is 15.7. The van der Waals surface area contributed by atoms with Gasteiger partial charge < -0.3 is 9.84 Å². The van der Waals surface area contributed by atoms with Crippen molar-refractivity contribution in [3.63, 3.8) is 0 Å². The fourth-order valence-corrected chi connectivity index (χ4v) is 7.62. The largest absolute Gasteiger partial charge is 0.362 e. The fraction of sp³-hybridized carbons (Fsp3) is 0.400. The predicted molar refractivity (Wildman–Crippen MR) is 142 cm³/mol. The zero-order valence-corrected chi connectivity index (χ0v) is 21.9. The van der Waals surface area contributed by atoms with Crippen LogP contribution in [0.25, 0.3) is 0 Å². The molecule has 210 valence electrons. The highest BCUT2D eigenvalue weighted by Crippen LogP contribution is 2.69. The van der Waals surface area contributed by atoms with Crippen LogP contribution in [-0.4, -0.2) is 47.9 Å². The monoisotopic (exact) mass is 554 g/mol. The van der Waals surface area contributed by atoms with E-state index in [1.165, 1.54) is 0 Å². The Labute approximate surface area is 229 Å². The van der Waals surface area contributed by atoms with Crippen LogP contribution >= 0.6 is 0 Å². The second-order valence-corrected chi connectivity index (χ2v) is 11.3. The van der Waals surface area contributed by atoms with Gasteiger partial charge in [0.2, 0.25) is 5.79 Å². The molecule has 0 radical (unpaired) electrons. The van der Waals surface area contributed by atoms with Crippen LogP contribution in [0.1, 0.15) is 16.7 Å². The predicted octanol–water partition coefficient (Wildman–Crippen LogP) is 4.52. The standard InChI is InChI=1S/C30H30F4N4O2/c1-16-8-12-19(13-9-16)37-25-21(23(35-37)27(31)32)29(18-6-4-3-5-7-18)22-24(28(33)34)36-38(26(22)30(25,39)40-29)20-14-10-17(2)11-15-20/h3-15,21-28,35-36,39H,1-2H3. The number of fused-ring (bicyclic) bond motifs is 8. The third kappa shape index (κ3) is 3.36. The lowest BCUT2D eigenvalue weighted by Crippen LogP contribution is -2.65. The summed E-state index contributed by atoms with van der Waals surface area (Å²) in [6.45, 7) is 3.84. The number of halogens is 4. The zero-order valence-electron chi connectivity index (χ0n) is 21.9. The lowest BCUT2D eigenvalue weighted by Gasteiger charge is -2.45. The summed E-state index contributed by atoms with van der Waals surface area (Å²) in [7, 11) is 0. The second kappa shape index (κ2) is 8.91. The van der Waals surface area contributed by atoms with Crippen LogP contribution in [0.5, 0.6) is 0 Å². The number of aryl methyl sites for hydroxylation is 2. The van der Waals surface area contributed by atoms with Crippen molar-refractivity contribution in [1.29, 1.82) is 0 Å². The Morgan fingerprint density at radius 1 is 0.700 bits per heavy atom. The molecule has 3 aromatic carbocycles. The summed E-state index contributed by atoms with van der Waals surface area (Å²) in [4.78, 5) is 0. The molecule has 2 bridgehead atoms. The molecule has 4 fully saturated rings. The summed E-state index contributed by atoms with van der Waals surface area (Å²) in [5.41, 5.74) is 7.90. The lowest BCUT2D eigenvalue weighted by atomic mass is 9.60. The Hall–Kier alpha value is -3.18. The highest BCUT2D eigenvalue weighted by atomic mass is 19.3. The van der Waals surface area contributed by atoms with Gasteiger partial charge in [-0.15, -0.1) is 0 Å². The molecule has 6 nitrogen and oxygen atoms in total. The van der Waals surface area contributed by atoms with Crippen LogP contribution in [0.4, 0.5) is 28.9 Å². The third-order valence-electron chi connectivity index (χ3n) is 9.15. The smallest absolute Gasteiger partial charge is 0.255 e. The maximum Gasteiger partial charge on any atom is 0.255 e. The van der Waals surface area contributed by atoms with Gasteiger partial charge in [-0.2, -0.15) is 0 Å². The number of alkyl halides is 4. The van der Waals surface area contributed by atoms with Gasteiger partial charge in [0.15, 0.2) is 0 Å². The van der Waals surface area contributed by atoms with Crippen molar-refractivity contribution in [2.75, 3.05) is 10.0 Å². The van der Waals surface area contributed by atoms with Gasteiger partial charge in [0.05, 0.1) is 23.5 Å². The van der Waals surface area contributed by atoms with Crippen LogP contribution in [0.3, 0.4) is 0 Å². The quantitative estimate of drug-likeness (QED) is 0.404. The summed E-state index contributed by atoms with van der Waals surface area (Å²) in [6, 6.07) is 18.4. The molecule has 4 heterocycles. The Balaban J connectivity index is 1.46. The average molecular weight is 555 g/mol. The van der Waals surface area contributed by atoms with Gasteiger partial charge in [0, 0.05) is 11.8 Å². The minimum atomic E-state index is -2.85. The maximum atomic E-state index is 14.8. The first-order chi connectivity index (χ1) is 19.2. The second-order valence-electron chi connectivity index (χ2n) is 11.3. The topological polar surface area (TPSA) is 60.0 Å². The van der Waals surface area contributed by atoms with Crippen molar-refractivity contribution in [1.82, 2.24) is 10.9 Å². The van der Waals surface area contributed by atoms with E-state index in [2.05, 4.69) is 10.9 Å². The number of hydrazine groups is 2. The normalized spacial score (nSPS) is 36.1. The fourth-order valence-electron chi connectivity index (χ4n) is 7.62. The van der Waals surface area contributed by atoms with Crippen molar-refractivity contribution in [2.45, 2.75) is 62.3 Å². The van der Waals surface area contributed by atoms with Gasteiger partial charge in [0.1, 0.15) is 17.7 Å². The van der Waals surface area contributed by atoms with Crippen LogP contribution < -0.4 is 20.9 Å². The number of hydrogen-bond acceptors (Lipinski definition) is 6. The van der Waals surface area contributed by atoms with E-state index in [1.807, 2.05) is 38.1 Å².